The van der Waals surface area contributed by atoms with E-state index in [0.717, 1.165) is 35.1 Å². The lowest BCUT2D eigenvalue weighted by Crippen LogP contribution is -2.20. The molecule has 39 heavy (non-hydrogen) atoms. The van der Waals surface area contributed by atoms with Crippen LogP contribution in [0.15, 0.2) is 36.8 Å². The SMILES string of the molecule is N#Cc1nncn1-c1cc(NCCOCCCCNCc2cc(F)c(OC(F)(F)F)c(F)c2)c2cn[nH]c2c1. The number of nitrogens with zero attached hydrogens (tertiary/aromatic N) is 5. The molecule has 0 radical (unpaired) electrons. The number of rotatable bonds is 13. The van der Waals surface area contributed by atoms with Crippen LogP contribution in [0.3, 0.4) is 0 Å². The van der Waals surface area contributed by atoms with Gasteiger partial charge in [-0.3, -0.25) is 9.67 Å². The van der Waals surface area contributed by atoms with E-state index in [1.165, 1.54) is 6.33 Å². The summed E-state index contributed by atoms with van der Waals surface area (Å²) in [6.45, 7) is 2.03. The summed E-state index contributed by atoms with van der Waals surface area (Å²) < 4.78 is 74.8. The average Bonchev–Trinajstić information content (AvgIpc) is 3.56. The molecule has 3 N–H and O–H groups in total. The fourth-order valence-electron chi connectivity index (χ4n) is 3.80. The zero-order chi connectivity index (χ0) is 27.8. The maximum Gasteiger partial charge on any atom is 0.573 e. The lowest BCUT2D eigenvalue weighted by molar-refractivity contribution is -0.276. The van der Waals surface area contributed by atoms with Gasteiger partial charge in [-0.15, -0.1) is 23.4 Å². The van der Waals surface area contributed by atoms with E-state index in [-0.39, 0.29) is 17.9 Å². The summed E-state index contributed by atoms with van der Waals surface area (Å²) in [5.74, 6) is -4.15. The summed E-state index contributed by atoms with van der Waals surface area (Å²) in [5, 5.41) is 30.9. The Morgan fingerprint density at radius 3 is 2.59 bits per heavy atom. The molecule has 0 unspecified atom stereocenters. The molecule has 206 valence electrons. The fraction of sp³-hybridized carbons (Fsp3) is 0.333. The molecule has 0 bridgehead atoms. The highest BCUT2D eigenvalue weighted by atomic mass is 19.4. The molecule has 2 aromatic carbocycles. The van der Waals surface area contributed by atoms with Crippen LogP contribution in [-0.4, -0.2) is 57.6 Å². The van der Waals surface area contributed by atoms with E-state index in [1.807, 2.05) is 18.2 Å². The second kappa shape index (κ2) is 12.5. The van der Waals surface area contributed by atoms with E-state index in [1.54, 1.807) is 10.8 Å². The van der Waals surface area contributed by atoms with Gasteiger partial charge < -0.3 is 20.1 Å². The minimum Gasteiger partial charge on any atom is -0.399 e. The Kier molecular flexibility index (Phi) is 8.89. The van der Waals surface area contributed by atoms with Crippen LogP contribution in [0.2, 0.25) is 0 Å². The van der Waals surface area contributed by atoms with Gasteiger partial charge in [0.15, 0.2) is 11.6 Å². The first kappa shape index (κ1) is 27.7. The van der Waals surface area contributed by atoms with Crippen LogP contribution in [0.4, 0.5) is 27.6 Å². The zero-order valence-electron chi connectivity index (χ0n) is 20.4. The molecule has 0 spiro atoms. The zero-order valence-corrected chi connectivity index (χ0v) is 20.4. The van der Waals surface area contributed by atoms with E-state index in [9.17, 15) is 27.2 Å². The molecule has 10 nitrogen and oxygen atoms in total. The minimum atomic E-state index is -5.18. The Morgan fingerprint density at radius 1 is 1.05 bits per heavy atom. The Bertz CT molecular complexity index is 1420. The number of H-pyrrole nitrogens is 1. The van der Waals surface area contributed by atoms with Crippen LogP contribution >= 0.6 is 0 Å². The van der Waals surface area contributed by atoms with Crippen LogP contribution in [0.5, 0.6) is 5.75 Å². The van der Waals surface area contributed by atoms with E-state index in [4.69, 9.17) is 4.74 Å². The first-order valence-electron chi connectivity index (χ1n) is 11.8. The number of nitrogens with one attached hydrogen (secondary N) is 3. The number of aromatic nitrogens is 5. The van der Waals surface area contributed by atoms with Gasteiger partial charge in [-0.1, -0.05) is 0 Å². The number of benzene rings is 2. The molecule has 15 heteroatoms. The molecule has 0 fully saturated rings. The van der Waals surface area contributed by atoms with Crippen molar-refractivity contribution >= 4 is 16.6 Å². The van der Waals surface area contributed by atoms with Gasteiger partial charge in [0.05, 0.1) is 24.0 Å². The molecule has 0 atom stereocenters. The number of unbranched alkanes of at least 4 members (excludes halogenated alkanes) is 1. The van der Waals surface area contributed by atoms with E-state index in [0.29, 0.717) is 38.4 Å². The van der Waals surface area contributed by atoms with Crippen LogP contribution in [0.25, 0.3) is 16.6 Å². The molecule has 4 aromatic rings. The van der Waals surface area contributed by atoms with E-state index in [2.05, 4.69) is 35.8 Å². The first-order valence-corrected chi connectivity index (χ1v) is 11.8. The molecule has 0 amide bonds. The number of ether oxygens (including phenoxy) is 2. The van der Waals surface area contributed by atoms with Crippen molar-refractivity contribution in [1.82, 2.24) is 30.3 Å². The van der Waals surface area contributed by atoms with Crippen molar-refractivity contribution < 1.29 is 31.4 Å². The van der Waals surface area contributed by atoms with Crippen LogP contribution in [-0.2, 0) is 11.3 Å². The van der Waals surface area contributed by atoms with E-state index < -0.39 is 23.7 Å². The number of halogens is 5. The molecule has 4 rings (SSSR count). The number of nitriles is 1. The number of hydrogen-bond donors (Lipinski definition) is 3. The monoisotopic (exact) mass is 550 g/mol. The maximum atomic E-state index is 13.8. The molecule has 2 aromatic heterocycles. The first-order chi connectivity index (χ1) is 18.7. The van der Waals surface area contributed by atoms with Crippen molar-refractivity contribution in [3.63, 3.8) is 0 Å². The average molecular weight is 550 g/mol. The molecular weight excluding hydrogens is 527 g/mol. The molecular formula is C24H23F5N8O2. The number of fused-ring (bicyclic) bond motifs is 1. The Hall–Kier alpha value is -4.29. The summed E-state index contributed by atoms with van der Waals surface area (Å²) in [6.07, 6.45) is -0.595. The number of aromatic amines is 1. The largest absolute Gasteiger partial charge is 0.573 e. The van der Waals surface area contributed by atoms with Crippen molar-refractivity contribution in [2.75, 3.05) is 31.6 Å². The highest BCUT2D eigenvalue weighted by molar-refractivity contribution is 5.93. The smallest absolute Gasteiger partial charge is 0.399 e. The van der Waals surface area contributed by atoms with Crippen molar-refractivity contribution in [3.8, 4) is 17.5 Å². The molecule has 0 aliphatic carbocycles. The second-order valence-electron chi connectivity index (χ2n) is 8.32. The summed E-state index contributed by atoms with van der Waals surface area (Å²) in [5.41, 5.74) is 2.43. The van der Waals surface area contributed by atoms with Crippen LogP contribution in [0, 0.1) is 23.0 Å². The van der Waals surface area contributed by atoms with Gasteiger partial charge >= 0.3 is 6.36 Å². The van der Waals surface area contributed by atoms with Gasteiger partial charge in [0.2, 0.25) is 11.6 Å². The van der Waals surface area contributed by atoms with Crippen molar-refractivity contribution in [2.45, 2.75) is 25.7 Å². The van der Waals surface area contributed by atoms with Gasteiger partial charge in [0.25, 0.3) is 0 Å². The van der Waals surface area contributed by atoms with Crippen molar-refractivity contribution in [2.24, 2.45) is 0 Å². The fourth-order valence-corrected chi connectivity index (χ4v) is 3.80. The highest BCUT2D eigenvalue weighted by Crippen LogP contribution is 2.29. The molecule has 0 aliphatic heterocycles. The summed E-state index contributed by atoms with van der Waals surface area (Å²) in [6, 6.07) is 7.30. The third kappa shape index (κ3) is 7.39. The molecule has 0 saturated carbocycles. The van der Waals surface area contributed by atoms with Crippen molar-refractivity contribution in [3.05, 3.63) is 59.8 Å². The van der Waals surface area contributed by atoms with Crippen LogP contribution in [0.1, 0.15) is 24.2 Å². The Labute approximate surface area is 218 Å². The predicted octanol–water partition coefficient (Wildman–Crippen LogP) is 4.19. The van der Waals surface area contributed by atoms with Crippen LogP contribution < -0.4 is 15.4 Å². The van der Waals surface area contributed by atoms with E-state index >= 15 is 0 Å². The lowest BCUT2D eigenvalue weighted by atomic mass is 10.2. The number of anilines is 1. The summed E-state index contributed by atoms with van der Waals surface area (Å²) >= 11 is 0. The van der Waals surface area contributed by atoms with Gasteiger partial charge in [0.1, 0.15) is 12.4 Å². The van der Waals surface area contributed by atoms with Gasteiger partial charge in [-0.05, 0) is 49.2 Å². The summed E-state index contributed by atoms with van der Waals surface area (Å²) in [7, 11) is 0. The van der Waals surface area contributed by atoms with Gasteiger partial charge in [0, 0.05) is 30.8 Å². The highest BCUT2D eigenvalue weighted by Gasteiger charge is 2.34. The van der Waals surface area contributed by atoms with Gasteiger partial charge in [-0.2, -0.15) is 10.4 Å². The second-order valence-corrected chi connectivity index (χ2v) is 8.32. The van der Waals surface area contributed by atoms with Gasteiger partial charge in [-0.25, -0.2) is 8.78 Å². The number of hydrogen-bond acceptors (Lipinski definition) is 8. The van der Waals surface area contributed by atoms with Crippen molar-refractivity contribution in [1.29, 1.82) is 5.26 Å². The maximum absolute atomic E-state index is 13.8. The number of alkyl halides is 3. The third-order valence-electron chi connectivity index (χ3n) is 5.53. The Balaban J connectivity index is 1.15. The minimum absolute atomic E-state index is 0.0808. The molecule has 0 saturated heterocycles. The molecule has 0 aliphatic rings. The Morgan fingerprint density at radius 2 is 1.85 bits per heavy atom. The summed E-state index contributed by atoms with van der Waals surface area (Å²) in [4.78, 5) is 0. The predicted molar refractivity (Wildman–Crippen MR) is 129 cm³/mol. The lowest BCUT2D eigenvalue weighted by Gasteiger charge is -2.12. The molecule has 2 heterocycles. The topological polar surface area (TPSA) is 126 Å². The quantitative estimate of drug-likeness (QED) is 0.167. The normalized spacial score (nSPS) is 11.6. The third-order valence-corrected chi connectivity index (χ3v) is 5.53. The standard InChI is InChI=1S/C24H23F5N8O2/c25-18-7-15(8-19(26)23(18)39-24(27,28)29)12-31-3-1-2-5-38-6-4-32-20-9-16(10-21-17(20)13-33-35-21)37-14-34-36-22(37)11-30/h7-10,13-14,31-32H,1-6,12H2,(H,33,35).